The zero-order chi connectivity index (χ0) is 11.9. The van der Waals surface area contributed by atoms with E-state index in [0.29, 0.717) is 6.61 Å². The van der Waals surface area contributed by atoms with Gasteiger partial charge in [-0.3, -0.25) is 4.89 Å². The molecule has 0 fully saturated rings. The van der Waals surface area contributed by atoms with Crippen LogP contribution in [0.15, 0.2) is 0 Å². The van der Waals surface area contributed by atoms with Gasteiger partial charge in [0.2, 0.25) is 0 Å². The quantitative estimate of drug-likeness (QED) is 0.370. The summed E-state index contributed by atoms with van der Waals surface area (Å²) in [6, 6.07) is 0. The molecule has 0 spiro atoms. The molecule has 0 aromatic carbocycles. The number of hydrogen-bond acceptors (Lipinski definition) is 4. The van der Waals surface area contributed by atoms with E-state index in [4.69, 9.17) is 9.78 Å². The van der Waals surface area contributed by atoms with Crippen LogP contribution >= 0.6 is 0 Å². The third-order valence-electron chi connectivity index (χ3n) is 2.16. The second-order valence-electron chi connectivity index (χ2n) is 4.63. The van der Waals surface area contributed by atoms with Crippen LogP contribution in [-0.2, 0) is 14.6 Å². The summed E-state index contributed by atoms with van der Waals surface area (Å²) in [5.41, 5.74) is -0.488. The molecule has 90 valence electrons. The summed E-state index contributed by atoms with van der Waals surface area (Å²) in [4.78, 5) is 23.1. The van der Waals surface area contributed by atoms with Gasteiger partial charge in [-0.25, -0.2) is 4.79 Å². The van der Waals surface area contributed by atoms with E-state index in [-0.39, 0.29) is 5.97 Å². The van der Waals surface area contributed by atoms with Crippen LogP contribution in [0.2, 0.25) is 0 Å². The van der Waals surface area contributed by atoms with E-state index in [2.05, 4.69) is 0 Å². The van der Waals surface area contributed by atoms with Gasteiger partial charge in [0.25, 0.3) is 0 Å². The lowest BCUT2D eigenvalue weighted by Gasteiger charge is -2.23. The molecule has 0 bridgehead atoms. The minimum absolute atomic E-state index is 0.294. The molecule has 0 atom stereocenters. The van der Waals surface area contributed by atoms with Gasteiger partial charge < -0.3 is 4.90 Å². The van der Waals surface area contributed by atoms with Gasteiger partial charge in [-0.2, -0.15) is 4.89 Å². The van der Waals surface area contributed by atoms with E-state index >= 15 is 0 Å². The Morgan fingerprint density at radius 3 is 2.40 bits per heavy atom. The van der Waals surface area contributed by atoms with Crippen LogP contribution in [0.1, 0.15) is 33.6 Å². The first kappa shape index (κ1) is 14.4. The van der Waals surface area contributed by atoms with Crippen molar-refractivity contribution < 1.29 is 14.6 Å². The molecule has 0 aliphatic heterocycles. The van der Waals surface area contributed by atoms with E-state index in [1.54, 1.807) is 0 Å². The van der Waals surface area contributed by atoms with Crippen molar-refractivity contribution in [1.82, 2.24) is 4.90 Å². The Labute approximate surface area is 92.5 Å². The summed E-state index contributed by atoms with van der Waals surface area (Å²) < 4.78 is 0. The Balaban J connectivity index is 3.91. The maximum absolute atomic E-state index is 11.6. The molecule has 0 aliphatic rings. The number of carbonyl (C=O) groups is 1. The Morgan fingerprint density at radius 1 is 1.33 bits per heavy atom. The first-order valence-corrected chi connectivity index (χ1v) is 5.38. The van der Waals surface area contributed by atoms with E-state index in [0.717, 1.165) is 19.4 Å². The topological polar surface area (TPSA) is 38.8 Å². The molecule has 15 heavy (non-hydrogen) atoms. The molecule has 0 radical (unpaired) electrons. The zero-order valence-corrected chi connectivity index (χ0v) is 10.5. The Hall–Kier alpha value is -0.610. The van der Waals surface area contributed by atoms with Crippen molar-refractivity contribution in [2.45, 2.75) is 33.6 Å². The first-order chi connectivity index (χ1) is 6.90. The fourth-order valence-corrected chi connectivity index (χ4v) is 0.896. The standard InChI is InChI=1S/C11H23NO3/c1-6-9-14-15-10(13)11(2,3)7-8-12(4)5/h6-9H2,1-5H3. The molecular weight excluding hydrogens is 194 g/mol. The Morgan fingerprint density at radius 2 is 1.93 bits per heavy atom. The SMILES string of the molecule is CCCOOC(=O)C(C)(C)CCN(C)C. The molecule has 0 rings (SSSR count). The summed E-state index contributed by atoms with van der Waals surface area (Å²) in [6.07, 6.45) is 1.60. The third kappa shape index (κ3) is 6.47. The maximum Gasteiger partial charge on any atom is 0.347 e. The van der Waals surface area contributed by atoms with Crippen LogP contribution in [0, 0.1) is 5.41 Å². The summed E-state index contributed by atoms with van der Waals surface area (Å²) in [6.45, 7) is 7.01. The van der Waals surface area contributed by atoms with Crippen molar-refractivity contribution in [3.63, 3.8) is 0 Å². The highest BCUT2D eigenvalue weighted by atomic mass is 17.2. The molecule has 0 amide bonds. The zero-order valence-electron chi connectivity index (χ0n) is 10.5. The van der Waals surface area contributed by atoms with Gasteiger partial charge in [0.1, 0.15) is 0 Å². The number of carbonyl (C=O) groups excluding carboxylic acids is 1. The smallest absolute Gasteiger partial charge is 0.309 e. The van der Waals surface area contributed by atoms with Gasteiger partial charge in [-0.15, -0.1) is 0 Å². The van der Waals surface area contributed by atoms with Gasteiger partial charge in [0.05, 0.1) is 12.0 Å². The van der Waals surface area contributed by atoms with E-state index < -0.39 is 5.41 Å². The largest absolute Gasteiger partial charge is 0.347 e. The fourth-order valence-electron chi connectivity index (χ4n) is 0.896. The second kappa shape index (κ2) is 6.80. The third-order valence-corrected chi connectivity index (χ3v) is 2.16. The first-order valence-electron chi connectivity index (χ1n) is 5.38. The van der Waals surface area contributed by atoms with Crippen LogP contribution in [0.3, 0.4) is 0 Å². The van der Waals surface area contributed by atoms with E-state index in [1.165, 1.54) is 0 Å². The fraction of sp³-hybridized carbons (Fsp3) is 0.909. The van der Waals surface area contributed by atoms with Crippen LogP contribution in [-0.4, -0.2) is 38.1 Å². The summed E-state index contributed by atoms with van der Waals surface area (Å²) in [5.74, 6) is -0.294. The van der Waals surface area contributed by atoms with Crippen LogP contribution in [0.4, 0.5) is 0 Å². The van der Waals surface area contributed by atoms with Gasteiger partial charge in [-0.05, 0) is 47.3 Å². The van der Waals surface area contributed by atoms with Gasteiger partial charge in [0, 0.05) is 0 Å². The van der Waals surface area contributed by atoms with Crippen molar-refractivity contribution in [3.05, 3.63) is 0 Å². The van der Waals surface area contributed by atoms with Crippen molar-refractivity contribution in [1.29, 1.82) is 0 Å². The monoisotopic (exact) mass is 217 g/mol. The highest BCUT2D eigenvalue weighted by molar-refractivity contribution is 5.75. The molecule has 0 N–H and O–H groups in total. The highest BCUT2D eigenvalue weighted by Crippen LogP contribution is 2.22. The molecule has 0 aromatic heterocycles. The van der Waals surface area contributed by atoms with Crippen LogP contribution in [0.5, 0.6) is 0 Å². The van der Waals surface area contributed by atoms with Gasteiger partial charge in [0.15, 0.2) is 0 Å². The van der Waals surface area contributed by atoms with Gasteiger partial charge >= 0.3 is 5.97 Å². The predicted molar refractivity (Wildman–Crippen MR) is 59.3 cm³/mol. The van der Waals surface area contributed by atoms with Crippen molar-refractivity contribution in [2.75, 3.05) is 27.2 Å². The van der Waals surface area contributed by atoms with Crippen molar-refractivity contribution in [2.24, 2.45) is 5.41 Å². The van der Waals surface area contributed by atoms with E-state index in [9.17, 15) is 4.79 Å². The minimum Gasteiger partial charge on any atom is -0.309 e. The molecule has 0 saturated carbocycles. The van der Waals surface area contributed by atoms with Gasteiger partial charge in [-0.1, -0.05) is 6.92 Å². The molecule has 0 aliphatic carbocycles. The second-order valence-corrected chi connectivity index (χ2v) is 4.63. The Bertz CT molecular complexity index is 190. The minimum atomic E-state index is -0.488. The molecule has 0 heterocycles. The van der Waals surface area contributed by atoms with Crippen molar-refractivity contribution in [3.8, 4) is 0 Å². The lowest BCUT2D eigenvalue weighted by Crippen LogP contribution is -2.30. The molecule has 4 heteroatoms. The summed E-state index contributed by atoms with van der Waals surface area (Å²) in [5, 5.41) is 0. The highest BCUT2D eigenvalue weighted by Gasteiger charge is 2.30. The Kier molecular flexibility index (Phi) is 6.52. The molecule has 0 aromatic rings. The number of nitrogens with zero attached hydrogens (tertiary/aromatic N) is 1. The average Bonchev–Trinajstić information content (AvgIpc) is 2.15. The molecule has 4 nitrogen and oxygen atoms in total. The average molecular weight is 217 g/mol. The lowest BCUT2D eigenvalue weighted by molar-refractivity contribution is -0.280. The predicted octanol–water partition coefficient (Wildman–Crippen LogP) is 1.85. The molecule has 0 unspecified atom stereocenters. The van der Waals surface area contributed by atoms with Crippen LogP contribution in [0.25, 0.3) is 0 Å². The maximum atomic E-state index is 11.6. The summed E-state index contributed by atoms with van der Waals surface area (Å²) in [7, 11) is 3.96. The molecular formula is C11H23NO3. The van der Waals surface area contributed by atoms with Crippen molar-refractivity contribution >= 4 is 5.97 Å². The van der Waals surface area contributed by atoms with E-state index in [1.807, 2.05) is 39.8 Å². The number of rotatable bonds is 7. The lowest BCUT2D eigenvalue weighted by atomic mass is 9.89. The summed E-state index contributed by atoms with van der Waals surface area (Å²) >= 11 is 0. The molecule has 0 saturated heterocycles. The van der Waals surface area contributed by atoms with Crippen LogP contribution < -0.4 is 0 Å². The normalized spacial score (nSPS) is 11.9. The number of hydrogen-bond donors (Lipinski definition) is 0.